The van der Waals surface area contributed by atoms with Gasteiger partial charge in [0, 0.05) is 5.69 Å². The Kier molecular flexibility index (Phi) is 4.81. The van der Waals surface area contributed by atoms with E-state index in [0.29, 0.717) is 5.92 Å². The van der Waals surface area contributed by atoms with Gasteiger partial charge in [0.25, 0.3) is 0 Å². The molecule has 0 radical (unpaired) electrons. The molecule has 0 aromatic heterocycles. The van der Waals surface area contributed by atoms with Gasteiger partial charge in [0.15, 0.2) is 0 Å². The highest BCUT2D eigenvalue weighted by atomic mass is 16.2. The fourth-order valence-corrected chi connectivity index (χ4v) is 2.65. The van der Waals surface area contributed by atoms with Crippen LogP contribution in [0.5, 0.6) is 0 Å². The average molecular weight is 274 g/mol. The van der Waals surface area contributed by atoms with Gasteiger partial charge in [0.05, 0.1) is 5.54 Å². The number of hydrogen-bond donors (Lipinski definition) is 2. The summed E-state index contributed by atoms with van der Waals surface area (Å²) in [5, 5.41) is 6.38. The van der Waals surface area contributed by atoms with Gasteiger partial charge in [-0.1, -0.05) is 26.0 Å². The van der Waals surface area contributed by atoms with E-state index in [1.165, 1.54) is 5.56 Å². The number of nitrogens with one attached hydrogen (secondary N) is 2. The van der Waals surface area contributed by atoms with Crippen LogP contribution in [0.2, 0.25) is 0 Å². The van der Waals surface area contributed by atoms with Crippen molar-refractivity contribution in [3.63, 3.8) is 0 Å². The lowest BCUT2D eigenvalue weighted by Gasteiger charge is -2.33. The van der Waals surface area contributed by atoms with Gasteiger partial charge >= 0.3 is 0 Å². The van der Waals surface area contributed by atoms with Crippen LogP contribution in [0.1, 0.15) is 57.9 Å². The van der Waals surface area contributed by atoms with E-state index >= 15 is 0 Å². The second-order valence-electron chi connectivity index (χ2n) is 6.10. The average Bonchev–Trinajstić information content (AvgIpc) is 2.48. The topological polar surface area (TPSA) is 41.1 Å². The van der Waals surface area contributed by atoms with Crippen LogP contribution in [-0.2, 0) is 4.79 Å². The maximum absolute atomic E-state index is 12.4. The molecule has 0 aliphatic carbocycles. The molecule has 0 saturated carbocycles. The van der Waals surface area contributed by atoms with Crippen LogP contribution in [-0.4, -0.2) is 18.0 Å². The number of carbonyl (C=O) groups excluding carboxylic acids is 1. The molecule has 2 rings (SSSR count). The molecule has 1 aromatic rings. The minimum Gasteiger partial charge on any atom is -0.324 e. The maximum Gasteiger partial charge on any atom is 0.244 e. The molecule has 1 fully saturated rings. The van der Waals surface area contributed by atoms with Gasteiger partial charge in [-0.05, 0) is 62.8 Å². The van der Waals surface area contributed by atoms with Gasteiger partial charge in [-0.3, -0.25) is 4.79 Å². The molecule has 0 bridgehead atoms. The van der Waals surface area contributed by atoms with Gasteiger partial charge in [-0.2, -0.15) is 0 Å². The molecule has 2 unspecified atom stereocenters. The molecular formula is C17H26N2O. The third-order valence-electron chi connectivity index (χ3n) is 4.47. The summed E-state index contributed by atoms with van der Waals surface area (Å²) in [6.45, 7) is 7.34. The Labute approximate surface area is 122 Å². The first-order chi connectivity index (χ1) is 9.55. The van der Waals surface area contributed by atoms with Gasteiger partial charge < -0.3 is 10.6 Å². The number of amides is 1. The first-order valence-corrected chi connectivity index (χ1v) is 7.71. The second-order valence-corrected chi connectivity index (χ2v) is 6.10. The summed E-state index contributed by atoms with van der Waals surface area (Å²) >= 11 is 0. The van der Waals surface area contributed by atoms with Crippen LogP contribution < -0.4 is 10.6 Å². The largest absolute Gasteiger partial charge is 0.324 e. The smallest absolute Gasteiger partial charge is 0.244 e. The zero-order valence-electron chi connectivity index (χ0n) is 12.8. The first kappa shape index (κ1) is 15.0. The molecule has 2 atom stereocenters. The lowest BCUT2D eigenvalue weighted by Crippen LogP contribution is -2.54. The molecule has 1 aliphatic rings. The van der Waals surface area contributed by atoms with Gasteiger partial charge in [0.2, 0.25) is 5.91 Å². The monoisotopic (exact) mass is 274 g/mol. The zero-order valence-corrected chi connectivity index (χ0v) is 12.8. The fraction of sp³-hybridized carbons (Fsp3) is 0.588. The van der Waals surface area contributed by atoms with E-state index in [9.17, 15) is 4.79 Å². The molecule has 1 saturated heterocycles. The van der Waals surface area contributed by atoms with E-state index in [0.717, 1.165) is 37.9 Å². The van der Waals surface area contributed by atoms with E-state index in [4.69, 9.17) is 0 Å². The Morgan fingerprint density at radius 1 is 1.35 bits per heavy atom. The maximum atomic E-state index is 12.4. The van der Waals surface area contributed by atoms with Crippen molar-refractivity contribution in [2.24, 2.45) is 0 Å². The molecule has 2 N–H and O–H groups in total. The summed E-state index contributed by atoms with van der Waals surface area (Å²) in [7, 11) is 0. The van der Waals surface area contributed by atoms with Gasteiger partial charge in [0.1, 0.15) is 0 Å². The Bertz CT molecular complexity index is 447. The minimum atomic E-state index is -0.423. The van der Waals surface area contributed by atoms with Crippen molar-refractivity contribution in [3.8, 4) is 0 Å². The normalized spacial score (nSPS) is 24.1. The van der Waals surface area contributed by atoms with Gasteiger partial charge in [-0.25, -0.2) is 0 Å². The van der Waals surface area contributed by atoms with Crippen molar-refractivity contribution >= 4 is 11.6 Å². The van der Waals surface area contributed by atoms with Crippen molar-refractivity contribution in [3.05, 3.63) is 29.8 Å². The molecule has 3 heteroatoms. The lowest BCUT2D eigenvalue weighted by atomic mass is 9.90. The summed E-state index contributed by atoms with van der Waals surface area (Å²) in [6, 6.07) is 8.23. The third kappa shape index (κ3) is 3.40. The Morgan fingerprint density at radius 3 is 2.60 bits per heavy atom. The van der Waals surface area contributed by atoms with Crippen LogP contribution in [0.4, 0.5) is 5.69 Å². The Morgan fingerprint density at radius 2 is 2.05 bits per heavy atom. The van der Waals surface area contributed by atoms with Crippen LogP contribution >= 0.6 is 0 Å². The lowest BCUT2D eigenvalue weighted by molar-refractivity contribution is -0.122. The third-order valence-corrected chi connectivity index (χ3v) is 4.47. The summed E-state index contributed by atoms with van der Waals surface area (Å²) in [5.41, 5.74) is 1.79. The van der Waals surface area contributed by atoms with Crippen molar-refractivity contribution in [1.29, 1.82) is 0 Å². The molecule has 0 spiro atoms. The highest BCUT2D eigenvalue weighted by Crippen LogP contribution is 2.23. The molecule has 110 valence electrons. The molecule has 3 nitrogen and oxygen atoms in total. The molecule has 20 heavy (non-hydrogen) atoms. The summed E-state index contributed by atoms with van der Waals surface area (Å²) in [5.74, 6) is 0.644. The van der Waals surface area contributed by atoms with Crippen molar-refractivity contribution in [2.45, 2.75) is 57.9 Å². The highest BCUT2D eigenvalue weighted by Gasteiger charge is 2.34. The number of carbonyl (C=O) groups is 1. The molecular weight excluding hydrogens is 248 g/mol. The molecule has 1 aromatic carbocycles. The number of piperidine rings is 1. The minimum absolute atomic E-state index is 0.0773. The SMILES string of the molecule is CCC(C)c1ccc(NC(=O)C2(C)CCCCN2)cc1. The van der Waals surface area contributed by atoms with E-state index in [1.54, 1.807) is 0 Å². The van der Waals surface area contributed by atoms with Crippen LogP contribution in [0.3, 0.4) is 0 Å². The van der Waals surface area contributed by atoms with Crippen molar-refractivity contribution in [2.75, 3.05) is 11.9 Å². The van der Waals surface area contributed by atoms with Gasteiger partial charge in [-0.15, -0.1) is 0 Å². The summed E-state index contributed by atoms with van der Waals surface area (Å²) in [4.78, 5) is 12.4. The fourth-order valence-electron chi connectivity index (χ4n) is 2.65. The van der Waals surface area contributed by atoms with Crippen molar-refractivity contribution in [1.82, 2.24) is 5.32 Å². The number of anilines is 1. The first-order valence-electron chi connectivity index (χ1n) is 7.71. The predicted molar refractivity (Wildman–Crippen MR) is 84.0 cm³/mol. The zero-order chi connectivity index (χ0) is 14.6. The molecule has 1 heterocycles. The summed E-state index contributed by atoms with van der Waals surface area (Å²) < 4.78 is 0. The van der Waals surface area contributed by atoms with E-state index in [-0.39, 0.29) is 5.91 Å². The summed E-state index contributed by atoms with van der Waals surface area (Å²) in [6.07, 6.45) is 4.31. The molecule has 1 amide bonds. The van der Waals surface area contributed by atoms with E-state index < -0.39 is 5.54 Å². The number of rotatable bonds is 4. The number of benzene rings is 1. The van der Waals surface area contributed by atoms with E-state index in [1.807, 2.05) is 19.1 Å². The standard InChI is InChI=1S/C17H26N2O/c1-4-13(2)14-7-9-15(10-8-14)19-16(20)17(3)11-5-6-12-18-17/h7-10,13,18H,4-6,11-12H2,1-3H3,(H,19,20). The Hall–Kier alpha value is -1.35. The van der Waals surface area contributed by atoms with Crippen LogP contribution in [0.15, 0.2) is 24.3 Å². The predicted octanol–water partition coefficient (Wildman–Crippen LogP) is 3.67. The van der Waals surface area contributed by atoms with E-state index in [2.05, 4.69) is 36.6 Å². The number of hydrogen-bond acceptors (Lipinski definition) is 2. The van der Waals surface area contributed by atoms with Crippen LogP contribution in [0.25, 0.3) is 0 Å². The second kappa shape index (κ2) is 6.40. The molecule has 1 aliphatic heterocycles. The quantitative estimate of drug-likeness (QED) is 0.879. The van der Waals surface area contributed by atoms with Crippen molar-refractivity contribution < 1.29 is 4.79 Å². The Balaban J connectivity index is 2.00. The van der Waals surface area contributed by atoms with Crippen LogP contribution in [0, 0.1) is 0 Å². The highest BCUT2D eigenvalue weighted by molar-refractivity contribution is 5.97.